The minimum Gasteiger partial charge on any atom is -0.382 e. The topological polar surface area (TPSA) is 65.0 Å². The number of hydrogen-bond donors (Lipinski definition) is 1. The third-order valence-electron chi connectivity index (χ3n) is 2.13. The summed E-state index contributed by atoms with van der Waals surface area (Å²) in [6, 6.07) is -0.429. The molecule has 0 aliphatic carbocycles. The summed E-state index contributed by atoms with van der Waals surface area (Å²) in [7, 11) is 2.72. The van der Waals surface area contributed by atoms with E-state index in [1.165, 1.54) is 0 Å². The number of phosphoric ester groups is 1. The fourth-order valence-electron chi connectivity index (χ4n) is 1.43. The second-order valence-electron chi connectivity index (χ2n) is 3.15. The van der Waals surface area contributed by atoms with Gasteiger partial charge in [-0.3, -0.25) is 9.05 Å². The maximum absolute atomic E-state index is 11.1. The van der Waals surface area contributed by atoms with E-state index in [9.17, 15) is 4.57 Å². The molecular formula is C7H14BO5P. The zero-order chi connectivity index (χ0) is 10.8. The van der Waals surface area contributed by atoms with Crippen LogP contribution in [0.2, 0.25) is 0 Å². The highest BCUT2D eigenvalue weighted by Gasteiger charge is 2.37. The van der Waals surface area contributed by atoms with Crippen molar-refractivity contribution < 1.29 is 23.2 Å². The van der Waals surface area contributed by atoms with Gasteiger partial charge in [0.2, 0.25) is 0 Å². The Labute approximate surface area is 84.8 Å². The van der Waals surface area contributed by atoms with Gasteiger partial charge in [0, 0.05) is 13.1 Å². The molecule has 1 aliphatic rings. The van der Waals surface area contributed by atoms with Gasteiger partial charge in [0.15, 0.2) is 0 Å². The molecule has 1 N–H and O–H groups in total. The predicted octanol–water partition coefficient (Wildman–Crippen LogP) is 0.812. The molecule has 1 saturated heterocycles. The maximum atomic E-state index is 11.1. The van der Waals surface area contributed by atoms with Gasteiger partial charge >= 0.3 is 7.82 Å². The Morgan fingerprint density at radius 3 is 2.86 bits per heavy atom. The molecule has 14 heavy (non-hydrogen) atoms. The Morgan fingerprint density at radius 1 is 1.71 bits per heavy atom. The Bertz CT molecular complexity index is 236. The van der Waals surface area contributed by atoms with Crippen LogP contribution in [-0.2, 0) is 18.3 Å². The summed E-state index contributed by atoms with van der Waals surface area (Å²) in [5.74, 6) is 0. The van der Waals surface area contributed by atoms with Gasteiger partial charge in [-0.1, -0.05) is 6.92 Å². The standard InChI is InChI=1S/C7H14BO5P/c1-3-5-6(4-7(8)12-5)13-14(9,10)11-2/h5-7H,3-4H2,1-2H3,(H,9,10). The minimum atomic E-state index is -3.94. The van der Waals surface area contributed by atoms with Crippen LogP contribution in [0.15, 0.2) is 0 Å². The summed E-state index contributed by atoms with van der Waals surface area (Å²) in [4.78, 5) is 9.10. The van der Waals surface area contributed by atoms with Crippen LogP contribution in [-0.4, -0.2) is 38.1 Å². The van der Waals surface area contributed by atoms with Crippen molar-refractivity contribution >= 4 is 15.7 Å². The lowest BCUT2D eigenvalue weighted by Gasteiger charge is -2.19. The zero-order valence-electron chi connectivity index (χ0n) is 8.25. The van der Waals surface area contributed by atoms with E-state index in [1.807, 2.05) is 6.92 Å². The molecule has 0 aromatic rings. The fraction of sp³-hybridized carbons (Fsp3) is 1.00. The molecule has 2 radical (unpaired) electrons. The van der Waals surface area contributed by atoms with Crippen LogP contribution in [0.3, 0.4) is 0 Å². The van der Waals surface area contributed by atoms with E-state index >= 15 is 0 Å². The number of ether oxygens (including phenoxy) is 1. The fourth-order valence-corrected chi connectivity index (χ4v) is 2.08. The lowest BCUT2D eigenvalue weighted by molar-refractivity contribution is 0.0254. The van der Waals surface area contributed by atoms with Crippen LogP contribution >= 0.6 is 7.82 Å². The zero-order valence-corrected chi connectivity index (χ0v) is 9.15. The molecule has 7 heteroatoms. The molecular weight excluding hydrogens is 206 g/mol. The molecule has 1 rings (SSSR count). The summed E-state index contributed by atoms with van der Waals surface area (Å²) in [6.07, 6.45) is 0.389. The van der Waals surface area contributed by atoms with Gasteiger partial charge in [-0.15, -0.1) is 0 Å². The van der Waals surface area contributed by atoms with E-state index in [0.717, 1.165) is 7.11 Å². The number of hydrogen-bond acceptors (Lipinski definition) is 4. The highest BCUT2D eigenvalue weighted by atomic mass is 31.2. The number of phosphoric acid groups is 1. The van der Waals surface area contributed by atoms with E-state index in [0.29, 0.717) is 12.8 Å². The summed E-state index contributed by atoms with van der Waals surface area (Å²) in [5, 5.41) is 0. The quantitative estimate of drug-likeness (QED) is 0.560. The van der Waals surface area contributed by atoms with Crippen molar-refractivity contribution in [2.75, 3.05) is 7.11 Å². The Hall–Kier alpha value is 0.135. The van der Waals surface area contributed by atoms with Crippen molar-refractivity contribution in [3.05, 3.63) is 0 Å². The van der Waals surface area contributed by atoms with Crippen molar-refractivity contribution in [3.63, 3.8) is 0 Å². The molecule has 0 spiro atoms. The van der Waals surface area contributed by atoms with Crippen molar-refractivity contribution in [1.82, 2.24) is 0 Å². The first-order valence-corrected chi connectivity index (χ1v) is 5.96. The van der Waals surface area contributed by atoms with E-state index in [-0.39, 0.29) is 6.10 Å². The average Bonchev–Trinajstić information content (AvgIpc) is 2.45. The Balaban J connectivity index is 2.55. The maximum Gasteiger partial charge on any atom is 0.472 e. The molecule has 5 nitrogen and oxygen atoms in total. The van der Waals surface area contributed by atoms with E-state index in [2.05, 4.69) is 4.52 Å². The molecule has 1 fully saturated rings. The normalized spacial score (nSPS) is 36.9. The molecule has 80 valence electrons. The predicted molar refractivity (Wildman–Crippen MR) is 51.0 cm³/mol. The summed E-state index contributed by atoms with van der Waals surface area (Å²) >= 11 is 0. The third kappa shape index (κ3) is 3.07. The van der Waals surface area contributed by atoms with Crippen LogP contribution in [0.25, 0.3) is 0 Å². The Morgan fingerprint density at radius 2 is 2.36 bits per heavy atom. The molecule has 0 saturated carbocycles. The average molecular weight is 220 g/mol. The molecule has 0 aromatic heterocycles. The largest absolute Gasteiger partial charge is 0.472 e. The third-order valence-corrected chi connectivity index (χ3v) is 3.13. The molecule has 0 amide bonds. The monoisotopic (exact) mass is 220 g/mol. The first-order chi connectivity index (χ1) is 6.48. The van der Waals surface area contributed by atoms with Gasteiger partial charge < -0.3 is 9.63 Å². The van der Waals surface area contributed by atoms with Crippen molar-refractivity contribution in [2.24, 2.45) is 0 Å². The summed E-state index contributed by atoms with van der Waals surface area (Å²) < 4.78 is 25.6. The molecule has 1 aliphatic heterocycles. The van der Waals surface area contributed by atoms with Gasteiger partial charge in [0.05, 0.1) is 12.2 Å². The van der Waals surface area contributed by atoms with Crippen molar-refractivity contribution in [1.29, 1.82) is 0 Å². The lowest BCUT2D eigenvalue weighted by atomic mass is 9.96. The highest BCUT2D eigenvalue weighted by molar-refractivity contribution is 7.47. The van der Waals surface area contributed by atoms with Gasteiger partial charge in [-0.25, -0.2) is 4.57 Å². The van der Waals surface area contributed by atoms with Crippen LogP contribution in [0.4, 0.5) is 0 Å². The molecule has 1 heterocycles. The van der Waals surface area contributed by atoms with E-state index < -0.39 is 19.9 Å². The van der Waals surface area contributed by atoms with Gasteiger partial charge in [0.1, 0.15) is 7.85 Å². The van der Waals surface area contributed by atoms with Gasteiger partial charge in [-0.2, -0.15) is 0 Å². The van der Waals surface area contributed by atoms with Crippen LogP contribution in [0, 0.1) is 0 Å². The first kappa shape index (κ1) is 12.2. The number of rotatable bonds is 4. The summed E-state index contributed by atoms with van der Waals surface area (Å²) in [6.45, 7) is 1.90. The second kappa shape index (κ2) is 4.77. The van der Waals surface area contributed by atoms with Crippen LogP contribution < -0.4 is 0 Å². The highest BCUT2D eigenvalue weighted by Crippen LogP contribution is 2.46. The summed E-state index contributed by atoms with van der Waals surface area (Å²) in [5.41, 5.74) is 0. The van der Waals surface area contributed by atoms with Crippen molar-refractivity contribution in [2.45, 2.75) is 38.0 Å². The molecule has 4 atom stereocenters. The van der Waals surface area contributed by atoms with Gasteiger partial charge in [-0.05, 0) is 12.8 Å². The van der Waals surface area contributed by atoms with Crippen LogP contribution in [0.1, 0.15) is 19.8 Å². The molecule has 0 aromatic carbocycles. The van der Waals surface area contributed by atoms with Crippen molar-refractivity contribution in [3.8, 4) is 0 Å². The minimum absolute atomic E-state index is 0.236. The van der Waals surface area contributed by atoms with Crippen LogP contribution in [0.5, 0.6) is 0 Å². The second-order valence-corrected chi connectivity index (χ2v) is 4.67. The lowest BCUT2D eigenvalue weighted by Crippen LogP contribution is -2.22. The SMILES string of the molecule is [B]C1CC(OP(=O)(O)OC)C(CC)O1. The van der Waals surface area contributed by atoms with Gasteiger partial charge in [0.25, 0.3) is 0 Å². The first-order valence-electron chi connectivity index (χ1n) is 4.46. The Kier molecular flexibility index (Phi) is 4.16. The van der Waals surface area contributed by atoms with E-state index in [4.69, 9.17) is 22.0 Å². The molecule has 4 unspecified atom stereocenters. The molecule has 0 bridgehead atoms. The smallest absolute Gasteiger partial charge is 0.382 e. The van der Waals surface area contributed by atoms with E-state index in [1.54, 1.807) is 0 Å².